The number of ether oxygens (including phenoxy) is 1. The summed E-state index contributed by atoms with van der Waals surface area (Å²) in [6.07, 6.45) is 5.15. The molecule has 0 radical (unpaired) electrons. The summed E-state index contributed by atoms with van der Waals surface area (Å²) < 4.78 is 21.1. The number of amides is 1. The van der Waals surface area contributed by atoms with Gasteiger partial charge in [-0.2, -0.15) is 5.26 Å². The number of benzene rings is 2. The molecule has 1 amide bonds. The van der Waals surface area contributed by atoms with Crippen LogP contribution in [0.4, 0.5) is 10.1 Å². The lowest BCUT2D eigenvalue weighted by Crippen LogP contribution is -2.43. The van der Waals surface area contributed by atoms with E-state index in [2.05, 4.69) is 22.8 Å². The predicted octanol–water partition coefficient (Wildman–Crippen LogP) is 4.67. The maximum absolute atomic E-state index is 15.7. The largest absolute Gasteiger partial charge is 0.380 e. The van der Waals surface area contributed by atoms with Gasteiger partial charge in [-0.3, -0.25) is 10.1 Å². The second-order valence-corrected chi connectivity index (χ2v) is 9.99. The number of nitrogens with zero attached hydrogens (tertiary/aromatic N) is 2. The molecule has 1 aliphatic carbocycles. The molecular weight excluding hydrogens is 443 g/mol. The Bertz CT molecular complexity index is 1080. The number of carbonyl (C=O) groups excluding carboxylic acids is 1. The highest BCUT2D eigenvalue weighted by molar-refractivity contribution is 5.95. The van der Waals surface area contributed by atoms with Gasteiger partial charge in [0, 0.05) is 49.8 Å². The van der Waals surface area contributed by atoms with Gasteiger partial charge in [0.05, 0.1) is 24.9 Å². The van der Waals surface area contributed by atoms with E-state index in [0.29, 0.717) is 48.4 Å². The van der Waals surface area contributed by atoms with Gasteiger partial charge in [0.2, 0.25) is 0 Å². The summed E-state index contributed by atoms with van der Waals surface area (Å²) in [5.41, 5.74) is 2.57. The van der Waals surface area contributed by atoms with Crippen molar-refractivity contribution in [2.75, 3.05) is 38.3 Å². The van der Waals surface area contributed by atoms with E-state index in [0.717, 1.165) is 25.3 Å². The number of hydrogen-bond donors (Lipinski definition) is 2. The maximum atomic E-state index is 15.7. The van der Waals surface area contributed by atoms with E-state index in [1.165, 1.54) is 24.8 Å². The quantitative estimate of drug-likeness (QED) is 0.568. The summed E-state index contributed by atoms with van der Waals surface area (Å²) in [5.74, 6) is 0.498. The van der Waals surface area contributed by atoms with Crippen LogP contribution in [0.5, 0.6) is 0 Å². The van der Waals surface area contributed by atoms with E-state index in [4.69, 9.17) is 10.00 Å². The number of nitriles is 1. The second-order valence-electron chi connectivity index (χ2n) is 9.99. The van der Waals surface area contributed by atoms with Crippen LogP contribution in [0.25, 0.3) is 0 Å². The lowest BCUT2D eigenvalue weighted by Gasteiger charge is -2.37. The van der Waals surface area contributed by atoms with Crippen molar-refractivity contribution in [3.8, 4) is 6.07 Å². The number of nitrogens with one attached hydrogen (secondary N) is 2. The van der Waals surface area contributed by atoms with Crippen LogP contribution < -0.4 is 10.6 Å². The molecule has 184 valence electrons. The molecule has 1 atom stereocenters. The number of anilines is 1. The Morgan fingerprint density at radius 2 is 1.91 bits per heavy atom. The van der Waals surface area contributed by atoms with E-state index in [-0.39, 0.29) is 18.7 Å². The smallest absolute Gasteiger partial charge is 0.253 e. The first-order valence-electron chi connectivity index (χ1n) is 12.7. The molecule has 0 bridgehead atoms. The fourth-order valence-electron chi connectivity index (χ4n) is 5.28. The number of alkyl halides is 1. The Morgan fingerprint density at radius 1 is 1.14 bits per heavy atom. The van der Waals surface area contributed by atoms with Crippen LogP contribution in [0, 0.1) is 11.3 Å². The van der Waals surface area contributed by atoms with E-state index in [1.807, 2.05) is 12.1 Å². The van der Waals surface area contributed by atoms with Gasteiger partial charge in [0.25, 0.3) is 5.91 Å². The first-order valence-corrected chi connectivity index (χ1v) is 12.7. The Labute approximate surface area is 206 Å². The van der Waals surface area contributed by atoms with Crippen molar-refractivity contribution in [2.24, 2.45) is 0 Å². The molecule has 0 spiro atoms. The van der Waals surface area contributed by atoms with Gasteiger partial charge < -0.3 is 15.0 Å². The lowest BCUT2D eigenvalue weighted by atomic mass is 9.79. The van der Waals surface area contributed by atoms with Gasteiger partial charge in [-0.1, -0.05) is 24.6 Å². The first kappa shape index (κ1) is 23.8. The van der Waals surface area contributed by atoms with Crippen LogP contribution in [0.3, 0.4) is 0 Å². The van der Waals surface area contributed by atoms with Gasteiger partial charge in [0.15, 0.2) is 0 Å². The third kappa shape index (κ3) is 5.19. The summed E-state index contributed by atoms with van der Waals surface area (Å²) in [6.45, 7) is 2.90. The van der Waals surface area contributed by atoms with Crippen LogP contribution in [-0.4, -0.2) is 49.8 Å². The van der Waals surface area contributed by atoms with Crippen molar-refractivity contribution in [3.05, 3.63) is 64.7 Å². The van der Waals surface area contributed by atoms with Gasteiger partial charge >= 0.3 is 0 Å². The molecule has 3 fully saturated rings. The summed E-state index contributed by atoms with van der Waals surface area (Å²) in [6, 6.07) is 15.1. The fraction of sp³-hybridized carbons (Fsp3) is 0.500. The van der Waals surface area contributed by atoms with E-state index < -0.39 is 5.67 Å². The first-order chi connectivity index (χ1) is 17.1. The normalized spacial score (nSPS) is 21.8. The van der Waals surface area contributed by atoms with E-state index in [1.54, 1.807) is 29.2 Å². The average Bonchev–Trinajstić information content (AvgIpc) is 3.37. The number of rotatable bonds is 7. The number of likely N-dealkylation sites (tertiary alicyclic amines) is 1. The van der Waals surface area contributed by atoms with Crippen molar-refractivity contribution < 1.29 is 13.9 Å². The zero-order valence-electron chi connectivity index (χ0n) is 20.1. The van der Waals surface area contributed by atoms with Gasteiger partial charge in [-0.15, -0.1) is 0 Å². The van der Waals surface area contributed by atoms with E-state index >= 15 is 4.39 Å². The predicted molar refractivity (Wildman–Crippen MR) is 133 cm³/mol. The SMILES string of the molecule is N#Cc1ccc(C2(F)CCN(C(=O)c3ccc(C4CCC4)c(NCN[C@@H]4CCOC4)c3)CC2)cc1. The van der Waals surface area contributed by atoms with Crippen molar-refractivity contribution in [3.63, 3.8) is 0 Å². The minimum atomic E-state index is -1.47. The molecule has 5 rings (SSSR count). The second kappa shape index (κ2) is 10.3. The Morgan fingerprint density at radius 3 is 2.54 bits per heavy atom. The van der Waals surface area contributed by atoms with E-state index in [9.17, 15) is 4.79 Å². The Hall–Kier alpha value is -2.95. The summed E-state index contributed by atoms with van der Waals surface area (Å²) in [5, 5.41) is 16.0. The standard InChI is InChI=1S/C28H33FN4O2/c29-28(23-7-4-20(17-30)5-8-23)11-13-33(14-12-28)27(34)22-6-9-25(21-2-1-3-21)26(16-22)32-19-31-24-10-15-35-18-24/h4-9,16,21,24,31-32H,1-3,10-15,18-19H2/t24-/m1/s1. The molecule has 2 heterocycles. The number of piperidine rings is 1. The highest BCUT2D eigenvalue weighted by Crippen LogP contribution is 2.41. The molecule has 7 heteroatoms. The molecule has 6 nitrogen and oxygen atoms in total. The minimum Gasteiger partial charge on any atom is -0.380 e. The average molecular weight is 477 g/mol. The highest BCUT2D eigenvalue weighted by Gasteiger charge is 2.38. The molecule has 35 heavy (non-hydrogen) atoms. The molecule has 3 aliphatic rings. The fourth-order valence-corrected chi connectivity index (χ4v) is 5.28. The molecule has 2 N–H and O–H groups in total. The van der Waals surface area contributed by atoms with Crippen LogP contribution in [0.2, 0.25) is 0 Å². The Kier molecular flexibility index (Phi) is 7.03. The summed E-state index contributed by atoms with van der Waals surface area (Å²) in [7, 11) is 0. The maximum Gasteiger partial charge on any atom is 0.253 e. The zero-order valence-corrected chi connectivity index (χ0v) is 20.1. The minimum absolute atomic E-state index is 0.0489. The number of halogens is 1. The van der Waals surface area contributed by atoms with Crippen molar-refractivity contribution in [1.29, 1.82) is 5.26 Å². The third-order valence-corrected chi connectivity index (χ3v) is 7.82. The van der Waals surface area contributed by atoms with Gasteiger partial charge in [0.1, 0.15) is 5.67 Å². The van der Waals surface area contributed by atoms with Gasteiger partial charge in [-0.05, 0) is 60.6 Å². The topological polar surface area (TPSA) is 77.4 Å². The number of carbonyl (C=O) groups is 1. The molecule has 0 unspecified atom stereocenters. The lowest BCUT2D eigenvalue weighted by molar-refractivity contribution is 0.0421. The molecule has 2 aromatic rings. The van der Waals surface area contributed by atoms with Crippen LogP contribution in [-0.2, 0) is 10.4 Å². The van der Waals surface area contributed by atoms with Gasteiger partial charge in [-0.25, -0.2) is 4.39 Å². The summed E-state index contributed by atoms with van der Waals surface area (Å²) >= 11 is 0. The summed E-state index contributed by atoms with van der Waals surface area (Å²) in [4.78, 5) is 15.1. The Balaban J connectivity index is 1.25. The van der Waals surface area contributed by atoms with Crippen LogP contribution in [0.15, 0.2) is 42.5 Å². The van der Waals surface area contributed by atoms with Crippen molar-refractivity contribution in [2.45, 2.75) is 56.2 Å². The van der Waals surface area contributed by atoms with Crippen LogP contribution >= 0.6 is 0 Å². The van der Waals surface area contributed by atoms with Crippen molar-refractivity contribution in [1.82, 2.24) is 10.2 Å². The molecule has 2 aliphatic heterocycles. The molecule has 2 aromatic carbocycles. The third-order valence-electron chi connectivity index (χ3n) is 7.82. The zero-order chi connectivity index (χ0) is 24.3. The number of hydrogen-bond acceptors (Lipinski definition) is 5. The molecule has 1 saturated carbocycles. The highest BCUT2D eigenvalue weighted by atomic mass is 19.1. The molecular formula is C28H33FN4O2. The molecule has 2 saturated heterocycles. The molecule has 0 aromatic heterocycles. The van der Waals surface area contributed by atoms with Crippen molar-refractivity contribution >= 4 is 11.6 Å². The monoisotopic (exact) mass is 476 g/mol. The van der Waals surface area contributed by atoms with Crippen LogP contribution in [0.1, 0.15) is 71.5 Å².